The van der Waals surface area contributed by atoms with Crippen LogP contribution >= 0.6 is 11.6 Å². The largest absolute Gasteiger partial charge is 0.496 e. The number of carbonyl (C=O) groups excluding carboxylic acids is 2. The fourth-order valence-electron chi connectivity index (χ4n) is 2.04. The lowest BCUT2D eigenvalue weighted by molar-refractivity contribution is -0.152. The molecule has 22 heavy (non-hydrogen) atoms. The molecule has 122 valence electrons. The molecule has 0 fully saturated rings. The highest BCUT2D eigenvalue weighted by Gasteiger charge is 2.39. The second kappa shape index (κ2) is 7.49. The number of hydrogen-bond donors (Lipinski definition) is 1. The van der Waals surface area contributed by atoms with Crippen LogP contribution in [0.1, 0.15) is 26.3 Å². The van der Waals surface area contributed by atoms with E-state index in [2.05, 4.69) is 5.32 Å². The van der Waals surface area contributed by atoms with Gasteiger partial charge in [-0.15, -0.1) is 0 Å². The summed E-state index contributed by atoms with van der Waals surface area (Å²) in [6.45, 7) is 5.33. The molecule has 1 rings (SSSR count). The van der Waals surface area contributed by atoms with Crippen molar-refractivity contribution in [3.63, 3.8) is 0 Å². The van der Waals surface area contributed by atoms with Crippen molar-refractivity contribution in [2.45, 2.75) is 32.7 Å². The molecule has 0 aliphatic heterocycles. The summed E-state index contributed by atoms with van der Waals surface area (Å²) in [5.74, 6) is -0.404. The quantitative estimate of drug-likeness (QED) is 0.816. The van der Waals surface area contributed by atoms with Gasteiger partial charge in [0, 0.05) is 10.6 Å². The third-order valence-electron chi connectivity index (χ3n) is 3.80. The van der Waals surface area contributed by atoms with E-state index in [1.54, 1.807) is 25.1 Å². The van der Waals surface area contributed by atoms with E-state index in [4.69, 9.17) is 21.1 Å². The molecule has 1 aromatic carbocycles. The molecule has 0 saturated carbocycles. The van der Waals surface area contributed by atoms with Crippen molar-refractivity contribution in [3.05, 3.63) is 28.8 Å². The van der Waals surface area contributed by atoms with E-state index < -0.39 is 11.5 Å². The van der Waals surface area contributed by atoms with Crippen molar-refractivity contribution in [3.8, 4) is 5.75 Å². The van der Waals surface area contributed by atoms with Gasteiger partial charge < -0.3 is 14.8 Å². The number of halogens is 1. The second-order valence-corrected chi connectivity index (χ2v) is 5.90. The lowest BCUT2D eigenvalue weighted by atomic mass is 9.88. The molecule has 0 radical (unpaired) electrons. The van der Waals surface area contributed by atoms with E-state index in [1.807, 2.05) is 13.8 Å². The topological polar surface area (TPSA) is 64.6 Å². The summed E-state index contributed by atoms with van der Waals surface area (Å²) < 4.78 is 10.0. The molecule has 1 aromatic rings. The molecule has 0 heterocycles. The lowest BCUT2D eigenvalue weighted by Crippen LogP contribution is -2.56. The maximum Gasteiger partial charge on any atom is 0.331 e. The van der Waals surface area contributed by atoms with Gasteiger partial charge in [-0.05, 0) is 25.0 Å². The monoisotopic (exact) mass is 327 g/mol. The smallest absolute Gasteiger partial charge is 0.331 e. The highest BCUT2D eigenvalue weighted by molar-refractivity contribution is 6.31. The van der Waals surface area contributed by atoms with Gasteiger partial charge in [0.25, 0.3) is 0 Å². The molecule has 6 heteroatoms. The van der Waals surface area contributed by atoms with Crippen molar-refractivity contribution in [2.24, 2.45) is 5.92 Å². The van der Waals surface area contributed by atoms with Gasteiger partial charge in [0.05, 0.1) is 20.6 Å². The zero-order valence-electron chi connectivity index (χ0n) is 13.5. The molecule has 1 unspecified atom stereocenters. The van der Waals surface area contributed by atoms with Crippen LogP contribution in [-0.2, 0) is 20.7 Å². The maximum absolute atomic E-state index is 12.3. The Hall–Kier alpha value is -1.75. The highest BCUT2D eigenvalue weighted by atomic mass is 35.5. The molecular formula is C16H22ClNO4. The number of esters is 1. The zero-order chi connectivity index (χ0) is 16.9. The van der Waals surface area contributed by atoms with Gasteiger partial charge in [0.1, 0.15) is 11.3 Å². The first-order valence-electron chi connectivity index (χ1n) is 6.97. The van der Waals surface area contributed by atoms with Crippen LogP contribution < -0.4 is 10.1 Å². The minimum absolute atomic E-state index is 0.0160. The van der Waals surface area contributed by atoms with Crippen molar-refractivity contribution >= 4 is 23.5 Å². The van der Waals surface area contributed by atoms with E-state index in [-0.39, 0.29) is 18.2 Å². The summed E-state index contributed by atoms with van der Waals surface area (Å²) in [6.07, 6.45) is 0.0160. The van der Waals surface area contributed by atoms with Crippen molar-refractivity contribution in [2.75, 3.05) is 14.2 Å². The molecule has 0 bridgehead atoms. The highest BCUT2D eigenvalue weighted by Crippen LogP contribution is 2.27. The number of nitrogens with one attached hydrogen (secondary N) is 1. The Balaban J connectivity index is 2.97. The first kappa shape index (κ1) is 18.3. The zero-order valence-corrected chi connectivity index (χ0v) is 14.3. The van der Waals surface area contributed by atoms with E-state index in [9.17, 15) is 9.59 Å². The minimum Gasteiger partial charge on any atom is -0.496 e. The normalized spacial score (nSPS) is 13.4. The fourth-order valence-corrected chi connectivity index (χ4v) is 2.27. The molecule has 0 aliphatic rings. The molecule has 0 aliphatic carbocycles. The molecule has 0 spiro atoms. The van der Waals surface area contributed by atoms with Crippen molar-refractivity contribution < 1.29 is 19.1 Å². The van der Waals surface area contributed by atoms with Gasteiger partial charge in [-0.25, -0.2) is 4.79 Å². The Labute approximate surface area is 135 Å². The summed E-state index contributed by atoms with van der Waals surface area (Å²) in [7, 11) is 2.81. The van der Waals surface area contributed by atoms with Crippen LogP contribution in [-0.4, -0.2) is 31.6 Å². The molecule has 1 N–H and O–H groups in total. The minimum atomic E-state index is -1.10. The average molecular weight is 328 g/mol. The van der Waals surface area contributed by atoms with E-state index >= 15 is 0 Å². The Morgan fingerprint density at radius 2 is 1.95 bits per heavy atom. The fraction of sp³-hybridized carbons (Fsp3) is 0.500. The van der Waals surface area contributed by atoms with Crippen LogP contribution in [0.3, 0.4) is 0 Å². The molecular weight excluding hydrogens is 306 g/mol. The van der Waals surface area contributed by atoms with Crippen molar-refractivity contribution in [1.29, 1.82) is 0 Å². The third kappa shape index (κ3) is 3.91. The molecule has 1 atom stereocenters. The van der Waals surface area contributed by atoms with Gasteiger partial charge in [-0.2, -0.15) is 0 Å². The number of ether oxygens (including phenoxy) is 2. The van der Waals surface area contributed by atoms with Crippen molar-refractivity contribution in [1.82, 2.24) is 5.32 Å². The number of carbonyl (C=O) groups is 2. The Morgan fingerprint density at radius 1 is 1.32 bits per heavy atom. The van der Waals surface area contributed by atoms with E-state index in [1.165, 1.54) is 14.2 Å². The molecule has 0 saturated heterocycles. The number of rotatable bonds is 6. The van der Waals surface area contributed by atoms with Gasteiger partial charge in [0.15, 0.2) is 0 Å². The maximum atomic E-state index is 12.3. The molecule has 5 nitrogen and oxygen atoms in total. The summed E-state index contributed by atoms with van der Waals surface area (Å²) >= 11 is 6.12. The van der Waals surface area contributed by atoms with Crippen LogP contribution in [0.25, 0.3) is 0 Å². The van der Waals surface area contributed by atoms with Crippen LogP contribution in [0.2, 0.25) is 5.02 Å². The van der Waals surface area contributed by atoms with Gasteiger partial charge in [-0.1, -0.05) is 31.5 Å². The van der Waals surface area contributed by atoms with E-state index in [0.717, 1.165) is 0 Å². The van der Waals surface area contributed by atoms with E-state index in [0.29, 0.717) is 16.3 Å². The third-order valence-corrected chi connectivity index (χ3v) is 4.15. The van der Waals surface area contributed by atoms with Gasteiger partial charge >= 0.3 is 5.97 Å². The summed E-state index contributed by atoms with van der Waals surface area (Å²) in [6, 6.07) is 5.17. The summed E-state index contributed by atoms with van der Waals surface area (Å²) in [5, 5.41) is 3.19. The number of benzene rings is 1. The predicted octanol–water partition coefficient (Wildman–Crippen LogP) is 2.60. The van der Waals surface area contributed by atoms with Gasteiger partial charge in [0.2, 0.25) is 5.91 Å². The molecule has 0 aromatic heterocycles. The van der Waals surface area contributed by atoms with Crippen LogP contribution in [0.15, 0.2) is 18.2 Å². The first-order valence-corrected chi connectivity index (χ1v) is 7.34. The number of hydrogen-bond acceptors (Lipinski definition) is 4. The SMILES string of the molecule is COC(=O)C(C)(NC(=O)Cc1c(Cl)cccc1OC)C(C)C. The molecule has 1 amide bonds. The Bertz CT molecular complexity index is 559. The Kier molecular flexibility index (Phi) is 6.23. The number of amides is 1. The standard InChI is InChI=1S/C16H22ClNO4/c1-10(2)16(3,15(20)22-5)18-14(19)9-11-12(17)7-6-8-13(11)21-4/h6-8,10H,9H2,1-5H3,(H,18,19). The average Bonchev–Trinajstić information content (AvgIpc) is 2.47. The van der Waals surface area contributed by atoms with Gasteiger partial charge in [-0.3, -0.25) is 4.79 Å². The predicted molar refractivity (Wildman–Crippen MR) is 85.1 cm³/mol. The summed E-state index contributed by atoms with van der Waals surface area (Å²) in [5.41, 5.74) is -0.513. The summed E-state index contributed by atoms with van der Waals surface area (Å²) in [4.78, 5) is 24.3. The van der Waals surface area contributed by atoms with Crippen LogP contribution in [0.5, 0.6) is 5.75 Å². The first-order chi connectivity index (χ1) is 10.3. The number of methoxy groups -OCH3 is 2. The Morgan fingerprint density at radius 3 is 2.45 bits per heavy atom. The second-order valence-electron chi connectivity index (χ2n) is 5.49. The van der Waals surface area contributed by atoms with Crippen LogP contribution in [0, 0.1) is 5.92 Å². The van der Waals surface area contributed by atoms with Crippen LogP contribution in [0.4, 0.5) is 0 Å². The lowest BCUT2D eigenvalue weighted by Gasteiger charge is -2.31.